The summed E-state index contributed by atoms with van der Waals surface area (Å²) in [5.41, 5.74) is 4.92. The van der Waals surface area contributed by atoms with Crippen molar-refractivity contribution in [2.75, 3.05) is 5.75 Å². The maximum absolute atomic E-state index is 11.0. The first-order chi connectivity index (χ1) is 9.31. The fraction of sp³-hybridized carbons (Fsp3) is 0.467. The number of hydrogen-bond acceptors (Lipinski definition) is 3. The minimum atomic E-state index is -0.995. The Morgan fingerprint density at radius 2 is 1.80 bits per heavy atom. The Balaban J connectivity index is 2.63. The highest BCUT2D eigenvalue weighted by atomic mass is 32.2. The third-order valence-electron chi connectivity index (χ3n) is 3.05. The first-order valence-electron chi connectivity index (χ1n) is 6.45. The lowest BCUT2D eigenvalue weighted by Crippen LogP contribution is -2.41. The maximum atomic E-state index is 11.0. The van der Waals surface area contributed by atoms with E-state index in [0.717, 1.165) is 5.75 Å². The van der Waals surface area contributed by atoms with E-state index in [1.54, 1.807) is 0 Å². The van der Waals surface area contributed by atoms with Gasteiger partial charge < -0.3 is 10.4 Å². The zero-order valence-electron chi connectivity index (χ0n) is 12.3. The number of hydrogen-bond donors (Lipinski definition) is 2. The van der Waals surface area contributed by atoms with Crippen LogP contribution in [0.5, 0.6) is 0 Å². The fourth-order valence-electron chi connectivity index (χ4n) is 2.14. The Labute approximate surface area is 124 Å². The number of benzene rings is 1. The summed E-state index contributed by atoms with van der Waals surface area (Å²) in [6.07, 6.45) is 0. The van der Waals surface area contributed by atoms with E-state index in [1.165, 1.54) is 40.9 Å². The van der Waals surface area contributed by atoms with E-state index in [-0.39, 0.29) is 5.91 Å². The van der Waals surface area contributed by atoms with Gasteiger partial charge in [0.2, 0.25) is 5.91 Å². The van der Waals surface area contributed by atoms with Crippen molar-refractivity contribution in [3.05, 3.63) is 34.4 Å². The van der Waals surface area contributed by atoms with Gasteiger partial charge in [0.15, 0.2) is 0 Å². The number of nitrogens with one attached hydrogen (secondary N) is 1. The van der Waals surface area contributed by atoms with E-state index < -0.39 is 12.0 Å². The fourth-order valence-corrected chi connectivity index (χ4v) is 3.38. The van der Waals surface area contributed by atoms with Crippen LogP contribution in [0.2, 0.25) is 0 Å². The van der Waals surface area contributed by atoms with E-state index in [9.17, 15) is 9.59 Å². The molecule has 0 aliphatic rings. The third-order valence-corrected chi connectivity index (χ3v) is 4.11. The van der Waals surface area contributed by atoms with Gasteiger partial charge >= 0.3 is 5.97 Å². The average Bonchev–Trinajstić information content (AvgIpc) is 2.30. The SMILES string of the molecule is CC(=O)NC(CSCc1c(C)cc(C)cc1C)C(=O)O. The predicted molar refractivity (Wildman–Crippen MR) is 82.1 cm³/mol. The number of carboxylic acid groups (broad SMARTS) is 1. The number of carbonyl (C=O) groups excluding carboxylic acids is 1. The smallest absolute Gasteiger partial charge is 0.327 e. The molecule has 0 saturated heterocycles. The summed E-state index contributed by atoms with van der Waals surface area (Å²) < 4.78 is 0. The van der Waals surface area contributed by atoms with Crippen LogP contribution in [0.25, 0.3) is 0 Å². The van der Waals surface area contributed by atoms with Gasteiger partial charge in [-0.3, -0.25) is 4.79 Å². The summed E-state index contributed by atoms with van der Waals surface area (Å²) in [5, 5.41) is 11.5. The number of carbonyl (C=O) groups is 2. The van der Waals surface area contributed by atoms with Gasteiger partial charge in [-0.2, -0.15) is 11.8 Å². The van der Waals surface area contributed by atoms with Crippen LogP contribution in [0.15, 0.2) is 12.1 Å². The highest BCUT2D eigenvalue weighted by molar-refractivity contribution is 7.98. The first-order valence-corrected chi connectivity index (χ1v) is 7.61. The van der Waals surface area contributed by atoms with Gasteiger partial charge in [0, 0.05) is 18.4 Å². The Bertz CT molecular complexity index is 491. The minimum absolute atomic E-state index is 0.319. The van der Waals surface area contributed by atoms with Crippen LogP contribution in [-0.4, -0.2) is 28.8 Å². The molecule has 0 radical (unpaired) electrons. The number of thioether (sulfide) groups is 1. The van der Waals surface area contributed by atoms with Gasteiger partial charge in [0.25, 0.3) is 0 Å². The molecule has 0 saturated carbocycles. The van der Waals surface area contributed by atoms with Crippen molar-refractivity contribution in [3.63, 3.8) is 0 Å². The highest BCUT2D eigenvalue weighted by Gasteiger charge is 2.18. The molecule has 0 aromatic heterocycles. The molecule has 5 heteroatoms. The Hall–Kier alpha value is -1.49. The topological polar surface area (TPSA) is 66.4 Å². The van der Waals surface area contributed by atoms with Crippen LogP contribution in [0, 0.1) is 20.8 Å². The number of aryl methyl sites for hydroxylation is 3. The molecule has 110 valence electrons. The number of rotatable bonds is 6. The summed E-state index contributed by atoms with van der Waals surface area (Å²) >= 11 is 1.52. The van der Waals surface area contributed by atoms with Crippen LogP contribution in [0.1, 0.15) is 29.2 Å². The second-order valence-electron chi connectivity index (χ2n) is 4.98. The molecule has 0 spiro atoms. The second-order valence-corrected chi connectivity index (χ2v) is 6.01. The molecule has 1 amide bonds. The Morgan fingerprint density at radius 1 is 1.25 bits per heavy atom. The molecule has 1 aromatic rings. The van der Waals surface area contributed by atoms with Crippen LogP contribution in [-0.2, 0) is 15.3 Å². The minimum Gasteiger partial charge on any atom is -0.480 e. The molecule has 0 aliphatic heterocycles. The lowest BCUT2D eigenvalue weighted by atomic mass is 10.0. The van der Waals surface area contributed by atoms with Gasteiger partial charge in [-0.1, -0.05) is 17.7 Å². The molecule has 0 bridgehead atoms. The van der Waals surface area contributed by atoms with Crippen molar-refractivity contribution in [2.45, 2.75) is 39.5 Å². The van der Waals surface area contributed by atoms with Crippen molar-refractivity contribution in [3.8, 4) is 0 Å². The van der Waals surface area contributed by atoms with Crippen molar-refractivity contribution in [1.29, 1.82) is 0 Å². The molecule has 0 heterocycles. The van der Waals surface area contributed by atoms with E-state index in [4.69, 9.17) is 5.11 Å². The molecule has 0 fully saturated rings. The average molecular weight is 295 g/mol. The summed E-state index contributed by atoms with van der Waals surface area (Å²) in [6.45, 7) is 7.53. The van der Waals surface area contributed by atoms with Crippen molar-refractivity contribution in [1.82, 2.24) is 5.32 Å². The van der Waals surface area contributed by atoms with Gasteiger partial charge in [0.1, 0.15) is 6.04 Å². The molecule has 1 atom stereocenters. The Kier molecular flexibility index (Phi) is 6.07. The quantitative estimate of drug-likeness (QED) is 0.846. The maximum Gasteiger partial charge on any atom is 0.327 e. The molecular weight excluding hydrogens is 274 g/mol. The molecule has 0 aliphatic carbocycles. The van der Waals surface area contributed by atoms with Crippen LogP contribution < -0.4 is 5.32 Å². The van der Waals surface area contributed by atoms with Crippen molar-refractivity contribution in [2.24, 2.45) is 0 Å². The summed E-state index contributed by atoms with van der Waals surface area (Å²) in [4.78, 5) is 22.0. The number of aliphatic carboxylic acids is 1. The van der Waals surface area contributed by atoms with Crippen LogP contribution in [0.3, 0.4) is 0 Å². The molecule has 1 rings (SSSR count). The normalized spacial score (nSPS) is 12.0. The largest absolute Gasteiger partial charge is 0.480 e. The summed E-state index contributed by atoms with van der Waals surface area (Å²) in [6, 6.07) is 3.43. The highest BCUT2D eigenvalue weighted by Crippen LogP contribution is 2.22. The zero-order chi connectivity index (χ0) is 15.3. The number of carboxylic acids is 1. The van der Waals surface area contributed by atoms with E-state index in [2.05, 4.69) is 38.2 Å². The summed E-state index contributed by atoms with van der Waals surface area (Å²) in [5.74, 6) is -0.200. The van der Waals surface area contributed by atoms with E-state index in [1.807, 2.05) is 0 Å². The lowest BCUT2D eigenvalue weighted by Gasteiger charge is -2.15. The van der Waals surface area contributed by atoms with E-state index in [0.29, 0.717) is 5.75 Å². The summed E-state index contributed by atoms with van der Waals surface area (Å²) in [7, 11) is 0. The Morgan fingerprint density at radius 3 is 2.25 bits per heavy atom. The van der Waals surface area contributed by atoms with Gasteiger partial charge in [-0.25, -0.2) is 4.79 Å². The van der Waals surface area contributed by atoms with Crippen LogP contribution in [0.4, 0.5) is 0 Å². The van der Waals surface area contributed by atoms with E-state index >= 15 is 0 Å². The third kappa shape index (κ3) is 4.89. The molecule has 1 unspecified atom stereocenters. The van der Waals surface area contributed by atoms with Gasteiger partial charge in [-0.15, -0.1) is 0 Å². The molecule has 20 heavy (non-hydrogen) atoms. The molecule has 2 N–H and O–H groups in total. The first kappa shape index (κ1) is 16.6. The number of amides is 1. The predicted octanol–water partition coefficient (Wildman–Crippen LogP) is 2.43. The molecular formula is C15H21NO3S. The molecule has 4 nitrogen and oxygen atoms in total. The monoisotopic (exact) mass is 295 g/mol. The van der Waals surface area contributed by atoms with Crippen LogP contribution >= 0.6 is 11.8 Å². The molecule has 1 aromatic carbocycles. The second kappa shape index (κ2) is 7.33. The zero-order valence-corrected chi connectivity index (χ0v) is 13.1. The standard InChI is InChI=1S/C15H21NO3S/c1-9-5-10(2)13(11(3)6-9)7-20-8-14(15(18)19)16-12(4)17/h5-6,14H,7-8H2,1-4H3,(H,16,17)(H,18,19). The van der Waals surface area contributed by atoms with Crippen molar-refractivity contribution >= 4 is 23.6 Å². The van der Waals surface area contributed by atoms with Gasteiger partial charge in [-0.05, 0) is 37.5 Å². The lowest BCUT2D eigenvalue weighted by molar-refractivity contribution is -0.140. The van der Waals surface area contributed by atoms with Crippen molar-refractivity contribution < 1.29 is 14.7 Å². The van der Waals surface area contributed by atoms with Gasteiger partial charge in [0.05, 0.1) is 0 Å².